The van der Waals surface area contributed by atoms with Crippen molar-refractivity contribution in [3.05, 3.63) is 0 Å². The molecule has 2 rings (SSSR count). The molecule has 2 aliphatic rings. The lowest BCUT2D eigenvalue weighted by Gasteiger charge is -2.42. The summed E-state index contributed by atoms with van der Waals surface area (Å²) < 4.78 is 22.1. The van der Waals surface area contributed by atoms with Crippen LogP contribution in [-0.2, 0) is 28.5 Å². The molecule has 24 heteroatoms. The molecule has 0 aliphatic carbocycles. The molecule has 94 heavy (non-hydrogen) atoms. The van der Waals surface area contributed by atoms with Crippen molar-refractivity contribution < 1.29 is 110 Å². The highest BCUT2D eigenvalue weighted by Gasteiger charge is 2.49. The number of rotatable bonds is 61. The standard InChI is InChI=1S/C70H136N2O22/c1-3-5-7-9-11-13-15-17-19-23-27-31-35-39-43-71(45-51(77)59(83)67(53(79)47-73)93-69-65(89)63(87)61(85)55(49-75)91-69)57(81)41-37-33-29-25-21-22-26-30-34-38-42-58(82)72(44-40-36-32-28-24-20-18-16-14-12-10-8-6-4-2)46-52(78)60(84)68(54(80)48-74)94-70-66(90)64(88)62(86)56(50-76)92-70/h51-56,59-70,73-80,83-90H,3-50H2,1-2H3/t51-,52-,53+,54+,55+,56+,59+,60+,61-,62-,63-,64-,65+,66+,67+,68+,69-,70-/m0/s1. The van der Waals surface area contributed by atoms with Crippen LogP contribution in [0, 0.1) is 0 Å². The van der Waals surface area contributed by atoms with Gasteiger partial charge in [0.15, 0.2) is 12.6 Å². The molecule has 0 saturated carbocycles. The Morgan fingerprint density at radius 1 is 0.340 bits per heavy atom. The van der Waals surface area contributed by atoms with Crippen LogP contribution in [0.15, 0.2) is 0 Å². The number of aliphatic hydroxyl groups excluding tert-OH is 16. The van der Waals surface area contributed by atoms with E-state index >= 15 is 0 Å². The molecule has 2 fully saturated rings. The fourth-order valence-corrected chi connectivity index (χ4v) is 12.7. The molecule has 24 nitrogen and oxygen atoms in total. The Hall–Kier alpha value is -1.86. The van der Waals surface area contributed by atoms with E-state index in [4.69, 9.17) is 18.9 Å². The number of ether oxygens (including phenoxy) is 4. The fraction of sp³-hybridized carbons (Fsp3) is 0.971. The van der Waals surface area contributed by atoms with E-state index in [1.54, 1.807) is 0 Å². The average molecular weight is 1360 g/mol. The molecule has 2 saturated heterocycles. The molecule has 2 amide bonds. The van der Waals surface area contributed by atoms with Crippen molar-refractivity contribution in [1.29, 1.82) is 0 Å². The summed E-state index contributed by atoms with van der Waals surface area (Å²) in [4.78, 5) is 30.7. The van der Waals surface area contributed by atoms with Gasteiger partial charge in [-0.25, -0.2) is 0 Å². The molecule has 0 bridgehead atoms. The zero-order valence-corrected chi connectivity index (χ0v) is 57.8. The molecule has 0 spiro atoms. The second kappa shape index (κ2) is 54.9. The number of amides is 2. The Balaban J connectivity index is 1.93. The third-order valence-corrected chi connectivity index (χ3v) is 19.0. The predicted octanol–water partition coefficient (Wildman–Crippen LogP) is 4.81. The van der Waals surface area contributed by atoms with Gasteiger partial charge in [-0.2, -0.15) is 0 Å². The van der Waals surface area contributed by atoms with Crippen LogP contribution >= 0.6 is 0 Å². The topological polar surface area (TPSA) is 401 Å². The summed E-state index contributed by atoms with van der Waals surface area (Å²) in [6, 6.07) is 0. The summed E-state index contributed by atoms with van der Waals surface area (Å²) in [5, 5.41) is 168. The van der Waals surface area contributed by atoms with Gasteiger partial charge in [-0.1, -0.05) is 232 Å². The quantitative estimate of drug-likeness (QED) is 0.0363. The van der Waals surface area contributed by atoms with Crippen molar-refractivity contribution in [1.82, 2.24) is 9.80 Å². The molecule has 0 radical (unpaired) electrons. The lowest BCUT2D eigenvalue weighted by molar-refractivity contribution is -0.327. The molecular weight excluding hydrogens is 1220 g/mol. The van der Waals surface area contributed by atoms with E-state index in [9.17, 15) is 91.3 Å². The van der Waals surface area contributed by atoms with Gasteiger partial charge < -0.3 is 110 Å². The number of nitrogens with zero attached hydrogens (tertiary/aromatic N) is 2. The molecule has 16 N–H and O–H groups in total. The van der Waals surface area contributed by atoms with Crippen LogP contribution < -0.4 is 0 Å². The first-order chi connectivity index (χ1) is 45.3. The average Bonchev–Trinajstić information content (AvgIpc) is 0.827. The van der Waals surface area contributed by atoms with E-state index in [2.05, 4.69) is 13.8 Å². The molecule has 0 unspecified atom stereocenters. The summed E-state index contributed by atoms with van der Waals surface area (Å²) >= 11 is 0. The SMILES string of the molecule is CCCCCCCCCCCCCCCCN(C[C@H](O)[C@@H](O)[C@H](O[C@@H]1O[C@H](CO)[C@H](O)[C@H](O)[C@H]1O)[C@H](O)CO)C(=O)CCCCCCCCCCCCC(=O)N(CCCCCCCCCCCCCCCC)C[C@H](O)[C@@H](O)[C@H](O[C@@H]1O[C@H](CO)[C@H](O)[C@H](O)[C@H]1O)[C@H](O)CO. The first-order valence-corrected chi connectivity index (χ1v) is 37.1. The van der Waals surface area contributed by atoms with E-state index in [1.165, 1.54) is 125 Å². The van der Waals surface area contributed by atoms with Crippen molar-refractivity contribution in [3.8, 4) is 0 Å². The van der Waals surface area contributed by atoms with Gasteiger partial charge in [0.25, 0.3) is 0 Å². The smallest absolute Gasteiger partial charge is 0.222 e. The third kappa shape index (κ3) is 36.0. The molecule has 0 aromatic rings. The normalized spacial score (nSPS) is 24.4. The first-order valence-electron chi connectivity index (χ1n) is 37.1. The van der Waals surface area contributed by atoms with Gasteiger partial charge in [-0.15, -0.1) is 0 Å². The summed E-state index contributed by atoms with van der Waals surface area (Å²) in [6.45, 7) is 1.07. The second-order valence-corrected chi connectivity index (χ2v) is 27.1. The number of carbonyl (C=O) groups excluding carboxylic acids is 2. The Morgan fingerprint density at radius 2 is 0.585 bits per heavy atom. The maximum absolute atomic E-state index is 13.8. The van der Waals surface area contributed by atoms with Gasteiger partial charge in [0.2, 0.25) is 11.8 Å². The minimum absolute atomic E-state index is 0.202. The molecule has 558 valence electrons. The van der Waals surface area contributed by atoms with Crippen molar-refractivity contribution in [2.75, 3.05) is 52.6 Å². The molecule has 18 atom stereocenters. The lowest BCUT2D eigenvalue weighted by atomic mass is 9.98. The second-order valence-electron chi connectivity index (χ2n) is 27.1. The number of hydrogen-bond acceptors (Lipinski definition) is 22. The first kappa shape index (κ1) is 88.2. The summed E-state index contributed by atoms with van der Waals surface area (Å²) in [5.74, 6) is -0.432. The molecule has 2 aliphatic heterocycles. The van der Waals surface area contributed by atoms with Crippen molar-refractivity contribution in [3.63, 3.8) is 0 Å². The summed E-state index contributed by atoms with van der Waals surface area (Å²) in [7, 11) is 0. The minimum atomic E-state index is -1.91. The van der Waals surface area contributed by atoms with Crippen LogP contribution in [0.5, 0.6) is 0 Å². The predicted molar refractivity (Wildman–Crippen MR) is 357 cm³/mol. The van der Waals surface area contributed by atoms with Crippen LogP contribution in [0.4, 0.5) is 0 Å². The van der Waals surface area contributed by atoms with Crippen molar-refractivity contribution in [2.24, 2.45) is 0 Å². The summed E-state index contributed by atoms with van der Waals surface area (Å²) in [5.41, 5.74) is 0. The Morgan fingerprint density at radius 3 is 0.830 bits per heavy atom. The van der Waals surface area contributed by atoms with Gasteiger partial charge in [-0.05, 0) is 25.7 Å². The van der Waals surface area contributed by atoms with E-state index in [-0.39, 0.29) is 37.7 Å². The van der Waals surface area contributed by atoms with E-state index in [0.29, 0.717) is 38.8 Å². The maximum Gasteiger partial charge on any atom is 0.222 e. The zero-order chi connectivity index (χ0) is 69.5. The van der Waals surface area contributed by atoms with Gasteiger partial charge >= 0.3 is 0 Å². The lowest BCUT2D eigenvalue weighted by Crippen LogP contribution is -2.61. The largest absolute Gasteiger partial charge is 0.394 e. The van der Waals surface area contributed by atoms with Crippen LogP contribution in [0.2, 0.25) is 0 Å². The van der Waals surface area contributed by atoms with Crippen LogP contribution in [0.3, 0.4) is 0 Å². The van der Waals surface area contributed by atoms with E-state index in [1.807, 2.05) is 0 Å². The highest BCUT2D eigenvalue weighted by Crippen LogP contribution is 2.28. The van der Waals surface area contributed by atoms with Crippen molar-refractivity contribution >= 4 is 11.8 Å². The van der Waals surface area contributed by atoms with Gasteiger partial charge in [-0.3, -0.25) is 9.59 Å². The molecular formula is C70H136N2O22. The highest BCUT2D eigenvalue weighted by atomic mass is 16.7. The van der Waals surface area contributed by atoms with Gasteiger partial charge in [0, 0.05) is 39.0 Å². The Bertz CT molecular complexity index is 1680. The Kier molecular flexibility index (Phi) is 51.5. The number of hydrogen-bond donors (Lipinski definition) is 16. The van der Waals surface area contributed by atoms with Crippen molar-refractivity contribution in [2.45, 2.75) is 381 Å². The van der Waals surface area contributed by atoms with Crippen LogP contribution in [-0.4, -0.2) is 266 Å². The van der Waals surface area contributed by atoms with Gasteiger partial charge in [0.1, 0.15) is 97.7 Å². The molecule has 0 aromatic heterocycles. The number of aliphatic hydroxyl groups is 16. The highest BCUT2D eigenvalue weighted by molar-refractivity contribution is 5.76. The van der Waals surface area contributed by atoms with Crippen LogP contribution in [0.1, 0.15) is 271 Å². The Labute approximate surface area is 563 Å². The fourth-order valence-electron chi connectivity index (χ4n) is 12.7. The van der Waals surface area contributed by atoms with Gasteiger partial charge in [0.05, 0.1) is 26.4 Å². The minimum Gasteiger partial charge on any atom is -0.394 e. The molecule has 0 aromatic carbocycles. The summed E-state index contributed by atoms with van der Waals surface area (Å²) in [6.07, 6.45) is 9.80. The number of unbranched alkanes of at least 4 members (excludes halogenated alkanes) is 35. The van der Waals surface area contributed by atoms with Crippen LogP contribution in [0.25, 0.3) is 0 Å². The maximum atomic E-state index is 13.8. The van der Waals surface area contributed by atoms with E-state index < -0.39 is 137 Å². The van der Waals surface area contributed by atoms with E-state index in [0.717, 1.165) is 103 Å². The zero-order valence-electron chi connectivity index (χ0n) is 57.8. The monoisotopic (exact) mass is 1360 g/mol. The number of carbonyl (C=O) groups is 2. The molecule has 2 heterocycles. The third-order valence-electron chi connectivity index (χ3n) is 19.0.